The molecule has 0 radical (unpaired) electrons. The summed E-state index contributed by atoms with van der Waals surface area (Å²) in [5, 5.41) is 2.86. The van der Waals surface area contributed by atoms with Gasteiger partial charge in [0.25, 0.3) is 0 Å². The maximum absolute atomic E-state index is 12.1. The van der Waals surface area contributed by atoms with Gasteiger partial charge in [0.1, 0.15) is 6.61 Å². The summed E-state index contributed by atoms with van der Waals surface area (Å²) in [6.07, 6.45) is 10.7. The first-order chi connectivity index (χ1) is 13.0. The van der Waals surface area contributed by atoms with E-state index < -0.39 is 0 Å². The highest BCUT2D eigenvalue weighted by molar-refractivity contribution is 5.67. The summed E-state index contributed by atoms with van der Waals surface area (Å²) in [7, 11) is 0. The number of carbonyl (C=O) groups excluding carboxylic acids is 1. The Labute approximate surface area is 166 Å². The molecule has 2 rings (SSSR count). The van der Waals surface area contributed by atoms with Crippen LogP contribution in [0.1, 0.15) is 79.6 Å². The number of ether oxygens (including phenoxy) is 2. The van der Waals surface area contributed by atoms with Gasteiger partial charge in [0.05, 0.1) is 12.7 Å². The van der Waals surface area contributed by atoms with E-state index in [-0.39, 0.29) is 11.5 Å². The quantitative estimate of drug-likeness (QED) is 0.390. The van der Waals surface area contributed by atoms with Crippen LogP contribution in [-0.2, 0) is 9.47 Å². The first-order valence-electron chi connectivity index (χ1n) is 11.2. The molecule has 0 spiro atoms. The average Bonchev–Trinajstić information content (AvgIpc) is 2.63. The van der Waals surface area contributed by atoms with Crippen LogP contribution in [0.4, 0.5) is 4.79 Å². The van der Waals surface area contributed by atoms with Gasteiger partial charge in [-0.1, -0.05) is 71.4 Å². The topological polar surface area (TPSA) is 47.6 Å². The number of rotatable bonds is 10. The molecule has 1 saturated heterocycles. The third kappa shape index (κ3) is 5.28. The summed E-state index contributed by atoms with van der Waals surface area (Å²) in [5.41, 5.74) is 1.35. The van der Waals surface area contributed by atoms with E-state index >= 15 is 0 Å². The normalized spacial score (nSPS) is 32.7. The van der Waals surface area contributed by atoms with Gasteiger partial charge in [-0.05, 0) is 31.6 Å². The van der Waals surface area contributed by atoms with Crippen LogP contribution < -0.4 is 5.32 Å². The summed E-state index contributed by atoms with van der Waals surface area (Å²) in [4.78, 5) is 12.1. The van der Waals surface area contributed by atoms with Crippen molar-refractivity contribution in [1.82, 2.24) is 5.32 Å². The highest BCUT2D eigenvalue weighted by Gasteiger charge is 2.53. The number of fused-ring (bicyclic) bond motifs is 2. The lowest BCUT2D eigenvalue weighted by Crippen LogP contribution is -2.57. The molecule has 1 aliphatic carbocycles. The number of unbranched alkanes of at least 4 members (excludes halogenated alkanes) is 4. The van der Waals surface area contributed by atoms with Crippen molar-refractivity contribution in [3.63, 3.8) is 0 Å². The minimum atomic E-state index is -0.290. The van der Waals surface area contributed by atoms with E-state index in [1.807, 2.05) is 0 Å². The number of carbonyl (C=O) groups is 1. The Hall–Kier alpha value is -1.03. The molecule has 0 aromatic rings. The number of hydrogen-bond donors (Lipinski definition) is 1. The summed E-state index contributed by atoms with van der Waals surface area (Å²) in [6, 6.07) is 0. The standard InChI is InChI=1S/C23H41NO3/c1-6-8-10-11-12-20-21-17(3)14-18(4)23(15-26-20,19(21)5)16-27-22(25)24-13-9-7-2/h14,18-21H,6-13,15-16H2,1-5H3,(H,24,25)/t18-,19-,20+,21+,23-/m1/s1. The van der Waals surface area contributed by atoms with Crippen molar-refractivity contribution in [2.45, 2.75) is 85.7 Å². The minimum Gasteiger partial charge on any atom is -0.449 e. The van der Waals surface area contributed by atoms with E-state index in [9.17, 15) is 4.79 Å². The minimum absolute atomic E-state index is 0.105. The molecular weight excluding hydrogens is 338 g/mol. The lowest BCUT2D eigenvalue weighted by Gasteiger charge is -2.55. The molecule has 2 bridgehead atoms. The molecule has 4 nitrogen and oxygen atoms in total. The third-order valence-electron chi connectivity index (χ3n) is 6.97. The molecule has 27 heavy (non-hydrogen) atoms. The molecule has 4 heteroatoms. The van der Waals surface area contributed by atoms with E-state index in [0.29, 0.717) is 43.6 Å². The van der Waals surface area contributed by atoms with Gasteiger partial charge in [-0.2, -0.15) is 0 Å². The average molecular weight is 380 g/mol. The van der Waals surface area contributed by atoms with Crippen molar-refractivity contribution < 1.29 is 14.3 Å². The molecule has 0 aromatic carbocycles. The summed E-state index contributed by atoms with van der Waals surface area (Å²) in [5.74, 6) is 1.27. The summed E-state index contributed by atoms with van der Waals surface area (Å²) >= 11 is 0. The van der Waals surface area contributed by atoms with Crippen LogP contribution in [0.5, 0.6) is 0 Å². The van der Waals surface area contributed by atoms with Crippen molar-refractivity contribution in [2.24, 2.45) is 23.2 Å². The summed E-state index contributed by atoms with van der Waals surface area (Å²) in [6.45, 7) is 13.0. The molecule has 1 heterocycles. The van der Waals surface area contributed by atoms with Gasteiger partial charge >= 0.3 is 6.09 Å². The molecule has 5 atom stereocenters. The van der Waals surface area contributed by atoms with Crippen LogP contribution in [0.25, 0.3) is 0 Å². The Kier molecular flexibility index (Phi) is 8.65. The maximum atomic E-state index is 12.1. The second kappa shape index (κ2) is 10.5. The highest BCUT2D eigenvalue weighted by atomic mass is 16.6. The van der Waals surface area contributed by atoms with Gasteiger partial charge < -0.3 is 14.8 Å². The van der Waals surface area contributed by atoms with Gasteiger partial charge in [0.2, 0.25) is 0 Å². The molecule has 1 amide bonds. The number of hydrogen-bond acceptors (Lipinski definition) is 3. The predicted molar refractivity (Wildman–Crippen MR) is 111 cm³/mol. The van der Waals surface area contributed by atoms with Crippen LogP contribution in [0, 0.1) is 23.2 Å². The number of nitrogens with one attached hydrogen (secondary N) is 1. The zero-order chi connectivity index (χ0) is 19.9. The van der Waals surface area contributed by atoms with Crippen molar-refractivity contribution in [3.05, 3.63) is 11.6 Å². The Morgan fingerprint density at radius 2 is 1.96 bits per heavy atom. The molecule has 1 aliphatic heterocycles. The van der Waals surface area contributed by atoms with Crippen molar-refractivity contribution in [1.29, 1.82) is 0 Å². The van der Waals surface area contributed by atoms with Crippen LogP contribution in [0.3, 0.4) is 0 Å². The molecule has 156 valence electrons. The first kappa shape index (κ1) is 22.3. The Bertz CT molecular complexity index is 504. The fraction of sp³-hybridized carbons (Fsp3) is 0.870. The monoisotopic (exact) mass is 379 g/mol. The van der Waals surface area contributed by atoms with E-state index in [4.69, 9.17) is 9.47 Å². The second-order valence-electron chi connectivity index (χ2n) is 8.80. The van der Waals surface area contributed by atoms with Gasteiger partial charge in [0.15, 0.2) is 0 Å². The van der Waals surface area contributed by atoms with Gasteiger partial charge in [-0.25, -0.2) is 4.79 Å². The fourth-order valence-corrected chi connectivity index (χ4v) is 5.04. The third-order valence-corrected chi connectivity index (χ3v) is 6.97. The zero-order valence-corrected chi connectivity index (χ0v) is 18.2. The van der Waals surface area contributed by atoms with Crippen molar-refractivity contribution in [2.75, 3.05) is 19.8 Å². The largest absolute Gasteiger partial charge is 0.449 e. The van der Waals surface area contributed by atoms with Gasteiger partial charge in [-0.3, -0.25) is 0 Å². The molecule has 0 saturated carbocycles. The first-order valence-corrected chi connectivity index (χ1v) is 11.2. The van der Waals surface area contributed by atoms with Crippen LogP contribution in [0.2, 0.25) is 0 Å². The van der Waals surface area contributed by atoms with Crippen LogP contribution in [-0.4, -0.2) is 32.0 Å². The molecule has 0 unspecified atom stereocenters. The Balaban J connectivity index is 2.00. The van der Waals surface area contributed by atoms with Crippen molar-refractivity contribution >= 4 is 6.09 Å². The van der Waals surface area contributed by atoms with E-state index in [1.54, 1.807) is 0 Å². The SMILES string of the molecule is CCCCCC[C@@H]1OC[C@@]2(COC(=O)NCCCC)[C@H](C)C=C(C)[C@H]1[C@H]2C. The number of alkyl carbamates (subject to hydrolysis) is 1. The van der Waals surface area contributed by atoms with Gasteiger partial charge in [0, 0.05) is 17.9 Å². The molecular formula is C23H41NO3. The molecule has 0 aromatic heterocycles. The summed E-state index contributed by atoms with van der Waals surface area (Å²) < 4.78 is 12.1. The Morgan fingerprint density at radius 1 is 1.22 bits per heavy atom. The fourth-order valence-electron chi connectivity index (χ4n) is 5.04. The Morgan fingerprint density at radius 3 is 2.67 bits per heavy atom. The lowest BCUT2D eigenvalue weighted by molar-refractivity contribution is -0.165. The van der Waals surface area contributed by atoms with Crippen molar-refractivity contribution in [3.8, 4) is 0 Å². The predicted octanol–water partition coefficient (Wildman–Crippen LogP) is 5.72. The smallest absolute Gasteiger partial charge is 0.407 e. The van der Waals surface area contributed by atoms with E-state index in [2.05, 4.69) is 46.0 Å². The maximum Gasteiger partial charge on any atom is 0.407 e. The van der Waals surface area contributed by atoms with Crippen LogP contribution >= 0.6 is 0 Å². The zero-order valence-electron chi connectivity index (χ0n) is 18.2. The highest BCUT2D eigenvalue weighted by Crippen LogP contribution is 2.53. The molecule has 2 aliphatic rings. The van der Waals surface area contributed by atoms with Crippen LogP contribution in [0.15, 0.2) is 11.6 Å². The number of amides is 1. The van der Waals surface area contributed by atoms with Gasteiger partial charge in [-0.15, -0.1) is 0 Å². The van der Waals surface area contributed by atoms with E-state index in [0.717, 1.165) is 19.3 Å². The lowest BCUT2D eigenvalue weighted by atomic mass is 9.56. The van der Waals surface area contributed by atoms with E-state index in [1.165, 1.54) is 31.3 Å². The molecule has 1 N–H and O–H groups in total. The second-order valence-corrected chi connectivity index (χ2v) is 8.80. The molecule has 1 fully saturated rings. The number of allylic oxidation sites excluding steroid dienone is 1.